The first-order valence-electron chi connectivity index (χ1n) is 6.03. The summed E-state index contributed by atoms with van der Waals surface area (Å²) in [7, 11) is 0. The van der Waals surface area contributed by atoms with E-state index in [-0.39, 0.29) is 0 Å². The highest BCUT2D eigenvalue weighted by atomic mass is 16.5. The molecule has 16 heavy (non-hydrogen) atoms. The molecule has 0 atom stereocenters. The van der Waals surface area contributed by atoms with Crippen LogP contribution in [0.2, 0.25) is 0 Å². The van der Waals surface area contributed by atoms with Crippen LogP contribution >= 0.6 is 0 Å². The summed E-state index contributed by atoms with van der Waals surface area (Å²) in [4.78, 5) is 0. The van der Waals surface area contributed by atoms with Gasteiger partial charge in [-0.2, -0.15) is 0 Å². The van der Waals surface area contributed by atoms with Gasteiger partial charge in [0.05, 0.1) is 6.61 Å². The van der Waals surface area contributed by atoms with Crippen LogP contribution in [0.5, 0.6) is 5.75 Å². The molecule has 0 bridgehead atoms. The van der Waals surface area contributed by atoms with Crippen LogP contribution < -0.4 is 10.1 Å². The van der Waals surface area contributed by atoms with Crippen molar-refractivity contribution in [2.75, 3.05) is 19.7 Å². The summed E-state index contributed by atoms with van der Waals surface area (Å²) in [6, 6.07) is 6.42. The molecule has 0 saturated heterocycles. The highest BCUT2D eigenvalue weighted by Crippen LogP contribution is 2.26. The van der Waals surface area contributed by atoms with Crippen molar-refractivity contribution in [2.24, 2.45) is 0 Å². The van der Waals surface area contributed by atoms with Crippen molar-refractivity contribution in [3.8, 4) is 5.75 Å². The second-order valence-corrected chi connectivity index (χ2v) is 4.01. The highest BCUT2D eigenvalue weighted by molar-refractivity contribution is 5.54. The van der Waals surface area contributed by atoms with E-state index in [1.165, 1.54) is 11.1 Å². The molecule has 1 N–H and O–H groups in total. The smallest absolute Gasteiger partial charge is 0.122 e. The van der Waals surface area contributed by atoms with Crippen molar-refractivity contribution >= 4 is 6.08 Å². The van der Waals surface area contributed by atoms with Gasteiger partial charge in [0.2, 0.25) is 0 Å². The molecule has 1 heterocycles. The van der Waals surface area contributed by atoms with Gasteiger partial charge in [-0.15, -0.1) is 0 Å². The Hall–Kier alpha value is -1.28. The van der Waals surface area contributed by atoms with Gasteiger partial charge in [-0.05, 0) is 42.8 Å². The van der Waals surface area contributed by atoms with E-state index in [9.17, 15) is 0 Å². The minimum Gasteiger partial charge on any atom is -0.493 e. The lowest BCUT2D eigenvalue weighted by atomic mass is 10.1. The summed E-state index contributed by atoms with van der Waals surface area (Å²) in [6.07, 6.45) is 6.55. The second-order valence-electron chi connectivity index (χ2n) is 4.01. The summed E-state index contributed by atoms with van der Waals surface area (Å²) in [5.41, 5.74) is 2.62. The molecule has 1 aromatic rings. The van der Waals surface area contributed by atoms with E-state index in [1.807, 2.05) is 0 Å². The van der Waals surface area contributed by atoms with Gasteiger partial charge in [0.15, 0.2) is 0 Å². The molecule has 1 aliphatic rings. The number of fused-ring (bicyclic) bond motifs is 1. The summed E-state index contributed by atoms with van der Waals surface area (Å²) < 4.78 is 5.48. The van der Waals surface area contributed by atoms with Gasteiger partial charge >= 0.3 is 0 Å². The van der Waals surface area contributed by atoms with Crippen LogP contribution in [-0.2, 0) is 6.42 Å². The van der Waals surface area contributed by atoms with E-state index in [1.54, 1.807) is 0 Å². The average Bonchev–Trinajstić information content (AvgIpc) is 2.76. The molecule has 2 heteroatoms. The Balaban J connectivity index is 1.90. The number of hydrogen-bond donors (Lipinski definition) is 1. The minimum absolute atomic E-state index is 0.836. The first-order chi connectivity index (χ1) is 7.90. The van der Waals surface area contributed by atoms with E-state index >= 15 is 0 Å². The third kappa shape index (κ3) is 2.86. The van der Waals surface area contributed by atoms with Crippen LogP contribution in [0, 0.1) is 0 Å². The van der Waals surface area contributed by atoms with Crippen LogP contribution in [0.25, 0.3) is 6.08 Å². The zero-order valence-corrected chi connectivity index (χ0v) is 9.83. The molecule has 2 nitrogen and oxygen atoms in total. The zero-order valence-electron chi connectivity index (χ0n) is 9.83. The normalized spacial score (nSPS) is 14.1. The van der Waals surface area contributed by atoms with Crippen molar-refractivity contribution in [2.45, 2.75) is 19.8 Å². The standard InChI is InChI=1S/C14H19NO/c1-2-15-9-4-3-5-12-6-7-14-13(11-12)8-10-16-14/h3,5-7,11,15H,2,4,8-10H2,1H3/b5-3+. The van der Waals surface area contributed by atoms with E-state index in [0.29, 0.717) is 0 Å². The number of nitrogens with one attached hydrogen (secondary N) is 1. The van der Waals surface area contributed by atoms with E-state index in [2.05, 4.69) is 42.6 Å². The maximum Gasteiger partial charge on any atom is 0.122 e. The lowest BCUT2D eigenvalue weighted by Crippen LogP contribution is -2.12. The third-order valence-corrected chi connectivity index (χ3v) is 2.76. The largest absolute Gasteiger partial charge is 0.493 e. The molecular formula is C14H19NO. The van der Waals surface area contributed by atoms with Crippen molar-refractivity contribution < 1.29 is 4.74 Å². The maximum absolute atomic E-state index is 5.48. The van der Waals surface area contributed by atoms with Crippen molar-refractivity contribution in [1.82, 2.24) is 5.32 Å². The van der Waals surface area contributed by atoms with Gasteiger partial charge in [0.1, 0.15) is 5.75 Å². The Morgan fingerprint density at radius 2 is 2.38 bits per heavy atom. The molecule has 1 aliphatic heterocycles. The molecule has 2 rings (SSSR count). The summed E-state index contributed by atoms with van der Waals surface area (Å²) in [5.74, 6) is 1.06. The van der Waals surface area contributed by atoms with Crippen molar-refractivity contribution in [1.29, 1.82) is 0 Å². The van der Waals surface area contributed by atoms with Crippen LogP contribution in [0.3, 0.4) is 0 Å². The fraction of sp³-hybridized carbons (Fsp3) is 0.429. The van der Waals surface area contributed by atoms with Gasteiger partial charge in [-0.1, -0.05) is 25.1 Å². The predicted octanol–water partition coefficient (Wildman–Crippen LogP) is 2.63. The molecular weight excluding hydrogens is 198 g/mol. The Kier molecular flexibility index (Phi) is 4.00. The minimum atomic E-state index is 0.836. The number of rotatable bonds is 5. The number of hydrogen-bond acceptors (Lipinski definition) is 2. The quantitative estimate of drug-likeness (QED) is 0.766. The fourth-order valence-electron chi connectivity index (χ4n) is 1.89. The lowest BCUT2D eigenvalue weighted by Gasteiger charge is -2.00. The van der Waals surface area contributed by atoms with Crippen LogP contribution in [0.4, 0.5) is 0 Å². The topological polar surface area (TPSA) is 21.3 Å². The highest BCUT2D eigenvalue weighted by Gasteiger charge is 2.10. The van der Waals surface area contributed by atoms with Crippen LogP contribution in [0.1, 0.15) is 24.5 Å². The van der Waals surface area contributed by atoms with E-state index < -0.39 is 0 Å². The second kappa shape index (κ2) is 5.71. The molecule has 0 fully saturated rings. The summed E-state index contributed by atoms with van der Waals surface area (Å²) in [6.45, 7) is 5.07. The van der Waals surface area contributed by atoms with E-state index in [4.69, 9.17) is 4.74 Å². The number of benzene rings is 1. The molecule has 0 unspecified atom stereocenters. The van der Waals surface area contributed by atoms with Gasteiger partial charge in [0, 0.05) is 6.42 Å². The summed E-state index contributed by atoms with van der Waals surface area (Å²) >= 11 is 0. The van der Waals surface area contributed by atoms with E-state index in [0.717, 1.165) is 38.3 Å². The first kappa shape index (κ1) is 11.2. The van der Waals surface area contributed by atoms with Crippen molar-refractivity contribution in [3.05, 3.63) is 35.4 Å². The Morgan fingerprint density at radius 1 is 1.44 bits per heavy atom. The zero-order chi connectivity index (χ0) is 11.2. The van der Waals surface area contributed by atoms with Gasteiger partial charge < -0.3 is 10.1 Å². The SMILES string of the molecule is CCNCC/C=C/c1ccc2c(c1)CCO2. The average molecular weight is 217 g/mol. The van der Waals surface area contributed by atoms with Gasteiger partial charge in [-0.25, -0.2) is 0 Å². The lowest BCUT2D eigenvalue weighted by molar-refractivity contribution is 0.357. The van der Waals surface area contributed by atoms with Crippen LogP contribution in [-0.4, -0.2) is 19.7 Å². The Morgan fingerprint density at radius 3 is 3.25 bits per heavy atom. The molecule has 1 aromatic carbocycles. The predicted molar refractivity (Wildman–Crippen MR) is 67.8 cm³/mol. The number of ether oxygens (including phenoxy) is 1. The molecule has 0 radical (unpaired) electrons. The third-order valence-electron chi connectivity index (χ3n) is 2.76. The van der Waals surface area contributed by atoms with Crippen molar-refractivity contribution in [3.63, 3.8) is 0 Å². The fourth-order valence-corrected chi connectivity index (χ4v) is 1.89. The molecule has 0 amide bonds. The summed E-state index contributed by atoms with van der Waals surface area (Å²) in [5, 5.41) is 3.30. The molecule has 0 spiro atoms. The Labute approximate surface area is 97.3 Å². The first-order valence-corrected chi connectivity index (χ1v) is 6.03. The molecule has 86 valence electrons. The molecule has 0 aromatic heterocycles. The van der Waals surface area contributed by atoms with Gasteiger partial charge in [-0.3, -0.25) is 0 Å². The molecule has 0 saturated carbocycles. The van der Waals surface area contributed by atoms with Crippen LogP contribution in [0.15, 0.2) is 24.3 Å². The maximum atomic E-state index is 5.48. The monoisotopic (exact) mass is 217 g/mol. The Bertz CT molecular complexity index is 371. The molecule has 0 aliphatic carbocycles. The van der Waals surface area contributed by atoms with Gasteiger partial charge in [0.25, 0.3) is 0 Å².